The Morgan fingerprint density at radius 2 is 1.69 bits per heavy atom. The van der Waals surface area contributed by atoms with Gasteiger partial charge in [0.05, 0.1) is 18.2 Å². The Morgan fingerprint density at radius 1 is 1.04 bits per heavy atom. The molecular formula is C19H14FNO5. The second-order valence-electron chi connectivity index (χ2n) is 5.30. The Hall–Kier alpha value is -3.48. The van der Waals surface area contributed by atoms with Gasteiger partial charge in [0.2, 0.25) is 0 Å². The normalized spacial score (nSPS) is 10.4. The maximum absolute atomic E-state index is 13.0. The first-order valence-corrected chi connectivity index (χ1v) is 7.64. The number of carbonyl (C=O) groups excluding carboxylic acids is 2. The van der Waals surface area contributed by atoms with E-state index in [4.69, 9.17) is 9.26 Å². The number of hydrogen-bond donors (Lipinski definition) is 0. The molecule has 6 nitrogen and oxygen atoms in total. The molecule has 0 bridgehead atoms. The van der Waals surface area contributed by atoms with Crippen molar-refractivity contribution in [3.63, 3.8) is 0 Å². The van der Waals surface area contributed by atoms with Gasteiger partial charge in [-0.3, -0.25) is 0 Å². The molecule has 0 aliphatic carbocycles. The number of benzene rings is 2. The highest BCUT2D eigenvalue weighted by molar-refractivity contribution is 6.03. The maximum atomic E-state index is 13.0. The van der Waals surface area contributed by atoms with E-state index >= 15 is 0 Å². The molecule has 0 saturated heterocycles. The van der Waals surface area contributed by atoms with Gasteiger partial charge in [-0.15, -0.1) is 0 Å². The van der Waals surface area contributed by atoms with Gasteiger partial charge in [-0.25, -0.2) is 14.0 Å². The Balaban J connectivity index is 1.69. The number of esters is 2. The Bertz CT molecular complexity index is 933. The molecule has 0 fully saturated rings. The molecule has 0 N–H and O–H groups in total. The SMILES string of the molecule is COC(=O)c1ccccc1C(=O)OCc1cc(-c2ccc(F)cc2)on1. The highest BCUT2D eigenvalue weighted by atomic mass is 19.1. The minimum absolute atomic E-state index is 0.0987. The molecule has 0 spiro atoms. The molecule has 2 aromatic carbocycles. The molecule has 3 rings (SSSR count). The van der Waals surface area contributed by atoms with Crippen LogP contribution in [0.15, 0.2) is 59.1 Å². The van der Waals surface area contributed by atoms with Crippen LogP contribution in [-0.4, -0.2) is 24.2 Å². The molecule has 26 heavy (non-hydrogen) atoms. The average molecular weight is 355 g/mol. The maximum Gasteiger partial charge on any atom is 0.339 e. The lowest BCUT2D eigenvalue weighted by Gasteiger charge is -2.07. The fraction of sp³-hybridized carbons (Fsp3) is 0.105. The van der Waals surface area contributed by atoms with E-state index in [1.165, 1.54) is 31.4 Å². The lowest BCUT2D eigenvalue weighted by Crippen LogP contribution is -2.12. The van der Waals surface area contributed by atoms with Crippen molar-refractivity contribution in [1.29, 1.82) is 0 Å². The first-order chi connectivity index (χ1) is 12.6. The van der Waals surface area contributed by atoms with Crippen LogP contribution in [0.4, 0.5) is 4.39 Å². The van der Waals surface area contributed by atoms with Crippen LogP contribution in [0, 0.1) is 5.82 Å². The molecule has 1 aromatic heterocycles. The Morgan fingerprint density at radius 3 is 2.35 bits per heavy atom. The smallest absolute Gasteiger partial charge is 0.339 e. The van der Waals surface area contributed by atoms with Crippen LogP contribution in [0.2, 0.25) is 0 Å². The molecule has 7 heteroatoms. The molecule has 0 radical (unpaired) electrons. The summed E-state index contributed by atoms with van der Waals surface area (Å²) < 4.78 is 28.0. The summed E-state index contributed by atoms with van der Waals surface area (Å²) in [7, 11) is 1.23. The van der Waals surface area contributed by atoms with Crippen LogP contribution in [0.1, 0.15) is 26.4 Å². The number of hydrogen-bond acceptors (Lipinski definition) is 6. The van der Waals surface area contributed by atoms with Crippen LogP contribution < -0.4 is 0 Å². The second kappa shape index (κ2) is 7.60. The van der Waals surface area contributed by atoms with Gasteiger partial charge in [-0.2, -0.15) is 0 Å². The van der Waals surface area contributed by atoms with Gasteiger partial charge in [0.25, 0.3) is 0 Å². The van der Waals surface area contributed by atoms with E-state index in [0.717, 1.165) is 0 Å². The molecule has 0 aliphatic rings. The lowest BCUT2D eigenvalue weighted by molar-refractivity contribution is 0.0450. The summed E-state index contributed by atoms with van der Waals surface area (Å²) in [4.78, 5) is 24.0. The Labute approximate surface area is 148 Å². The van der Waals surface area contributed by atoms with Crippen molar-refractivity contribution >= 4 is 11.9 Å². The number of halogens is 1. The summed E-state index contributed by atoms with van der Waals surface area (Å²) in [6.45, 7) is -0.140. The summed E-state index contributed by atoms with van der Waals surface area (Å²) in [5.74, 6) is -1.24. The quantitative estimate of drug-likeness (QED) is 0.651. The predicted octanol–water partition coefficient (Wildman–Crippen LogP) is 3.62. The molecule has 0 amide bonds. The van der Waals surface area contributed by atoms with Crippen molar-refractivity contribution < 1.29 is 28.0 Å². The zero-order valence-electron chi connectivity index (χ0n) is 13.8. The fourth-order valence-electron chi connectivity index (χ4n) is 2.30. The predicted molar refractivity (Wildman–Crippen MR) is 88.8 cm³/mol. The summed E-state index contributed by atoms with van der Waals surface area (Å²) in [5, 5.41) is 3.82. The largest absolute Gasteiger partial charge is 0.465 e. The fourth-order valence-corrected chi connectivity index (χ4v) is 2.30. The molecule has 132 valence electrons. The number of nitrogens with zero attached hydrogens (tertiary/aromatic N) is 1. The summed E-state index contributed by atoms with van der Waals surface area (Å²) in [5.41, 5.74) is 1.24. The molecule has 1 heterocycles. The van der Waals surface area contributed by atoms with Crippen LogP contribution in [-0.2, 0) is 16.1 Å². The third-order valence-corrected chi connectivity index (χ3v) is 3.59. The molecule has 3 aromatic rings. The highest BCUT2D eigenvalue weighted by Crippen LogP contribution is 2.21. The van der Waals surface area contributed by atoms with Gasteiger partial charge in [-0.1, -0.05) is 17.3 Å². The van der Waals surface area contributed by atoms with Gasteiger partial charge in [0.15, 0.2) is 5.76 Å². The van der Waals surface area contributed by atoms with Gasteiger partial charge in [0, 0.05) is 11.6 Å². The minimum atomic E-state index is -0.683. The van der Waals surface area contributed by atoms with E-state index in [1.54, 1.807) is 30.3 Å². The minimum Gasteiger partial charge on any atom is -0.465 e. The molecule has 0 unspecified atom stereocenters. The van der Waals surface area contributed by atoms with Crippen molar-refractivity contribution in [2.24, 2.45) is 0 Å². The lowest BCUT2D eigenvalue weighted by atomic mass is 10.1. The van der Waals surface area contributed by atoms with Gasteiger partial charge >= 0.3 is 11.9 Å². The van der Waals surface area contributed by atoms with E-state index in [2.05, 4.69) is 9.89 Å². The average Bonchev–Trinajstić information content (AvgIpc) is 3.15. The van der Waals surface area contributed by atoms with Crippen LogP contribution in [0.3, 0.4) is 0 Å². The topological polar surface area (TPSA) is 78.6 Å². The third-order valence-electron chi connectivity index (χ3n) is 3.59. The first kappa shape index (κ1) is 17.3. The zero-order valence-corrected chi connectivity index (χ0v) is 13.8. The van der Waals surface area contributed by atoms with Crippen molar-refractivity contribution in [3.05, 3.63) is 77.2 Å². The summed E-state index contributed by atoms with van der Waals surface area (Å²) >= 11 is 0. The number of ether oxygens (including phenoxy) is 2. The van der Waals surface area contributed by atoms with Crippen LogP contribution in [0.5, 0.6) is 0 Å². The van der Waals surface area contributed by atoms with E-state index in [1.807, 2.05) is 0 Å². The van der Waals surface area contributed by atoms with Crippen molar-refractivity contribution in [1.82, 2.24) is 5.16 Å². The van der Waals surface area contributed by atoms with Crippen molar-refractivity contribution in [3.8, 4) is 11.3 Å². The number of carbonyl (C=O) groups is 2. The van der Waals surface area contributed by atoms with E-state index in [-0.39, 0.29) is 23.6 Å². The van der Waals surface area contributed by atoms with Gasteiger partial charge < -0.3 is 14.0 Å². The number of rotatable bonds is 5. The molecule has 0 atom stereocenters. The van der Waals surface area contributed by atoms with Crippen LogP contribution >= 0.6 is 0 Å². The number of methoxy groups -OCH3 is 1. The second-order valence-corrected chi connectivity index (χ2v) is 5.30. The van der Waals surface area contributed by atoms with Gasteiger partial charge in [0.1, 0.15) is 18.1 Å². The van der Waals surface area contributed by atoms with Gasteiger partial charge in [-0.05, 0) is 36.4 Å². The molecule has 0 saturated carbocycles. The standard InChI is InChI=1S/C19H14FNO5/c1-24-18(22)15-4-2-3-5-16(15)19(23)25-11-14-10-17(26-21-14)12-6-8-13(20)9-7-12/h2-10H,11H2,1H3. The van der Waals surface area contributed by atoms with Crippen molar-refractivity contribution in [2.75, 3.05) is 7.11 Å². The molecule has 0 aliphatic heterocycles. The summed E-state index contributed by atoms with van der Waals surface area (Å²) in [6.07, 6.45) is 0. The Kier molecular flexibility index (Phi) is 5.07. The highest BCUT2D eigenvalue weighted by Gasteiger charge is 2.19. The monoisotopic (exact) mass is 355 g/mol. The zero-order chi connectivity index (χ0) is 18.5. The van der Waals surface area contributed by atoms with E-state index in [0.29, 0.717) is 17.0 Å². The third kappa shape index (κ3) is 3.77. The van der Waals surface area contributed by atoms with E-state index in [9.17, 15) is 14.0 Å². The van der Waals surface area contributed by atoms with E-state index < -0.39 is 11.9 Å². The molecular weight excluding hydrogens is 341 g/mol. The van der Waals surface area contributed by atoms with Crippen LogP contribution in [0.25, 0.3) is 11.3 Å². The number of aromatic nitrogens is 1. The summed E-state index contributed by atoms with van der Waals surface area (Å²) in [6, 6.07) is 13.5. The van der Waals surface area contributed by atoms with Crippen molar-refractivity contribution in [2.45, 2.75) is 6.61 Å². The first-order valence-electron chi connectivity index (χ1n) is 7.64.